The highest BCUT2D eigenvalue weighted by atomic mass is 16.6. The Morgan fingerprint density at radius 1 is 1.25 bits per heavy atom. The van der Waals surface area contributed by atoms with Crippen LogP contribution in [0.25, 0.3) is 0 Å². The van der Waals surface area contributed by atoms with E-state index in [1.54, 1.807) is 0 Å². The Balaban J connectivity index is 1.60. The fourth-order valence-corrected chi connectivity index (χ4v) is 6.03. The van der Waals surface area contributed by atoms with Crippen LogP contribution in [0, 0.1) is 23.7 Å². The number of hydrogen-bond donors (Lipinski definition) is 1. The molecule has 4 bridgehead atoms. The van der Waals surface area contributed by atoms with Crippen molar-refractivity contribution < 1.29 is 14.3 Å². The Hall–Kier alpha value is -2.21. The Bertz CT molecular complexity index is 876. The van der Waals surface area contributed by atoms with Gasteiger partial charge in [0.05, 0.1) is 0 Å². The molecule has 174 valence electrons. The minimum atomic E-state index is -0.826. The van der Waals surface area contributed by atoms with Crippen molar-refractivity contribution in [1.29, 1.82) is 0 Å². The molecule has 3 heterocycles. The zero-order chi connectivity index (χ0) is 23.1. The second-order valence-corrected chi connectivity index (χ2v) is 11.1. The number of ether oxygens (including phenoxy) is 1. The van der Waals surface area contributed by atoms with Crippen molar-refractivity contribution in [3.05, 3.63) is 35.9 Å². The van der Waals surface area contributed by atoms with Crippen molar-refractivity contribution in [3.63, 3.8) is 0 Å². The Kier molecular flexibility index (Phi) is 6.19. The van der Waals surface area contributed by atoms with Crippen LogP contribution in [0.5, 0.6) is 0 Å². The van der Waals surface area contributed by atoms with Crippen molar-refractivity contribution in [3.8, 4) is 0 Å². The number of benzene rings is 1. The van der Waals surface area contributed by atoms with E-state index in [4.69, 9.17) is 9.73 Å². The lowest BCUT2D eigenvalue weighted by Crippen LogP contribution is -2.64. The van der Waals surface area contributed by atoms with Gasteiger partial charge < -0.3 is 10.1 Å². The number of carbonyl (C=O) groups is 2. The van der Waals surface area contributed by atoms with Crippen molar-refractivity contribution in [2.24, 2.45) is 28.7 Å². The second kappa shape index (κ2) is 8.62. The molecule has 0 aromatic heterocycles. The van der Waals surface area contributed by atoms with Crippen LogP contribution in [-0.2, 0) is 20.7 Å². The molecule has 1 N–H and O–H groups in total. The van der Waals surface area contributed by atoms with Gasteiger partial charge in [-0.2, -0.15) is 0 Å². The number of esters is 1. The van der Waals surface area contributed by atoms with Gasteiger partial charge in [-0.25, -0.2) is 0 Å². The summed E-state index contributed by atoms with van der Waals surface area (Å²) >= 11 is 0. The molecule has 5 atom stereocenters. The molecule has 0 unspecified atom stereocenters. The summed E-state index contributed by atoms with van der Waals surface area (Å²) in [6, 6.07) is 10.7. The number of hydrogen-bond acceptors (Lipinski definition) is 5. The number of nitrogens with one attached hydrogen (secondary N) is 1. The van der Waals surface area contributed by atoms with Gasteiger partial charge in [-0.1, -0.05) is 44.2 Å². The van der Waals surface area contributed by atoms with Crippen molar-refractivity contribution in [1.82, 2.24) is 10.2 Å². The third kappa shape index (κ3) is 4.47. The molecule has 0 radical (unpaired) electrons. The number of amides is 1. The number of aliphatic imine (C=N–C) groups is 1. The van der Waals surface area contributed by atoms with Crippen LogP contribution < -0.4 is 5.32 Å². The average molecular weight is 440 g/mol. The molecule has 1 aliphatic carbocycles. The molecule has 1 amide bonds. The first-order valence-corrected chi connectivity index (χ1v) is 11.9. The number of carbonyl (C=O) groups excluding carboxylic acids is 2. The highest BCUT2D eigenvalue weighted by molar-refractivity contribution is 5.93. The summed E-state index contributed by atoms with van der Waals surface area (Å²) in [4.78, 5) is 33.4. The van der Waals surface area contributed by atoms with Gasteiger partial charge in [-0.15, -0.1) is 0 Å². The average Bonchev–Trinajstić information content (AvgIpc) is 3.00. The predicted molar refractivity (Wildman–Crippen MR) is 126 cm³/mol. The molecule has 4 aliphatic rings. The molecule has 1 aromatic carbocycles. The van der Waals surface area contributed by atoms with Crippen LogP contribution in [-0.4, -0.2) is 59.8 Å². The third-order valence-electron chi connectivity index (χ3n) is 7.01. The standard InChI is InChI=1S/C26H37N3O3/c1-17(2)15-29-16-19-12-26(24(31)27-14-22(30)32-25(3,4)5)21(23(29)20(19)13-28-26)11-18-9-7-6-8-10-18/h6-10,13,17,19-21,23H,11-12,14-16H2,1-5H3,(H,27,31)/t19-,20-,21+,23+,26+/m1/s1. The lowest BCUT2D eigenvalue weighted by atomic mass is 9.59. The van der Waals surface area contributed by atoms with Gasteiger partial charge in [-0.3, -0.25) is 19.5 Å². The molecule has 32 heavy (non-hydrogen) atoms. The predicted octanol–water partition coefficient (Wildman–Crippen LogP) is 3.10. The molecule has 1 saturated heterocycles. The maximum absolute atomic E-state index is 13.6. The quantitative estimate of drug-likeness (QED) is 0.663. The van der Waals surface area contributed by atoms with Gasteiger partial charge >= 0.3 is 5.97 Å². The largest absolute Gasteiger partial charge is 0.459 e. The summed E-state index contributed by atoms with van der Waals surface area (Å²) in [6.07, 6.45) is 3.60. The zero-order valence-electron chi connectivity index (χ0n) is 20.0. The number of likely N-dealkylation sites (tertiary alicyclic amines) is 1. The molecule has 3 aliphatic heterocycles. The van der Waals surface area contributed by atoms with E-state index in [0.29, 0.717) is 23.8 Å². The Labute approximate surface area is 191 Å². The van der Waals surface area contributed by atoms with Gasteiger partial charge in [0, 0.05) is 37.2 Å². The first-order valence-electron chi connectivity index (χ1n) is 11.9. The fourth-order valence-electron chi connectivity index (χ4n) is 6.03. The van der Waals surface area contributed by atoms with E-state index in [9.17, 15) is 9.59 Å². The van der Waals surface area contributed by atoms with E-state index in [1.807, 2.05) is 33.1 Å². The third-order valence-corrected chi connectivity index (χ3v) is 7.01. The summed E-state index contributed by atoms with van der Waals surface area (Å²) in [5, 5.41) is 2.89. The Morgan fingerprint density at radius 3 is 2.62 bits per heavy atom. The van der Waals surface area contributed by atoms with E-state index in [-0.39, 0.29) is 18.4 Å². The second-order valence-electron chi connectivity index (χ2n) is 11.1. The summed E-state index contributed by atoms with van der Waals surface area (Å²) in [7, 11) is 0. The van der Waals surface area contributed by atoms with Crippen LogP contribution >= 0.6 is 0 Å². The summed E-state index contributed by atoms with van der Waals surface area (Å²) in [5.41, 5.74) is -0.172. The van der Waals surface area contributed by atoms with Gasteiger partial charge in [0.2, 0.25) is 5.91 Å². The van der Waals surface area contributed by atoms with Gasteiger partial charge in [0.1, 0.15) is 17.7 Å². The van der Waals surface area contributed by atoms with Crippen LogP contribution in [0.1, 0.15) is 46.6 Å². The van der Waals surface area contributed by atoms with Crippen molar-refractivity contribution in [2.75, 3.05) is 19.6 Å². The maximum Gasteiger partial charge on any atom is 0.325 e. The van der Waals surface area contributed by atoms with E-state index < -0.39 is 17.1 Å². The monoisotopic (exact) mass is 439 g/mol. The molecule has 6 nitrogen and oxygen atoms in total. The van der Waals surface area contributed by atoms with E-state index in [2.05, 4.69) is 48.3 Å². The summed E-state index contributed by atoms with van der Waals surface area (Å²) in [6.45, 7) is 11.9. The molecular formula is C26H37N3O3. The molecule has 1 aromatic rings. The van der Waals surface area contributed by atoms with Crippen LogP contribution in [0.4, 0.5) is 0 Å². The Morgan fingerprint density at radius 2 is 1.97 bits per heavy atom. The zero-order valence-corrected chi connectivity index (χ0v) is 20.0. The highest BCUT2D eigenvalue weighted by Gasteiger charge is 2.63. The highest BCUT2D eigenvalue weighted by Crippen LogP contribution is 2.53. The topological polar surface area (TPSA) is 71.0 Å². The van der Waals surface area contributed by atoms with Gasteiger partial charge in [0.25, 0.3) is 0 Å². The lowest BCUT2D eigenvalue weighted by Gasteiger charge is -2.51. The van der Waals surface area contributed by atoms with Gasteiger partial charge in [0.15, 0.2) is 0 Å². The fraction of sp³-hybridized carbons (Fsp3) is 0.654. The summed E-state index contributed by atoms with van der Waals surface area (Å²) in [5.74, 6) is 0.938. The molecule has 5 rings (SSSR count). The number of rotatable bonds is 7. The van der Waals surface area contributed by atoms with E-state index in [1.165, 1.54) is 5.56 Å². The minimum Gasteiger partial charge on any atom is -0.459 e. The molecule has 2 fully saturated rings. The van der Waals surface area contributed by atoms with E-state index in [0.717, 1.165) is 25.9 Å². The van der Waals surface area contributed by atoms with Crippen LogP contribution in [0.15, 0.2) is 35.3 Å². The van der Waals surface area contributed by atoms with Gasteiger partial charge in [-0.05, 0) is 51.0 Å². The number of nitrogens with zero attached hydrogens (tertiary/aromatic N) is 2. The molecule has 6 heteroatoms. The minimum absolute atomic E-state index is 0.0797. The molecule has 1 saturated carbocycles. The van der Waals surface area contributed by atoms with Crippen LogP contribution in [0.2, 0.25) is 0 Å². The molecule has 0 spiro atoms. The smallest absolute Gasteiger partial charge is 0.325 e. The maximum atomic E-state index is 13.6. The SMILES string of the molecule is CC(C)CN1C[C@H]2C[C@]3(C(=O)NCC(=O)OC(C)(C)C)N=C[C@H]2[C@H]1[C@@H]3Cc1ccccc1. The molecular weight excluding hydrogens is 402 g/mol. The van der Waals surface area contributed by atoms with E-state index >= 15 is 0 Å². The van der Waals surface area contributed by atoms with Crippen molar-refractivity contribution in [2.45, 2.75) is 64.6 Å². The first-order chi connectivity index (χ1) is 15.1. The first kappa shape index (κ1) is 23.0. The normalized spacial score (nSPS) is 31.2. The lowest BCUT2D eigenvalue weighted by molar-refractivity contribution is -0.155. The summed E-state index contributed by atoms with van der Waals surface area (Å²) < 4.78 is 5.39. The van der Waals surface area contributed by atoms with Crippen LogP contribution in [0.3, 0.4) is 0 Å². The van der Waals surface area contributed by atoms with Crippen molar-refractivity contribution >= 4 is 18.1 Å².